The highest BCUT2D eigenvalue weighted by Crippen LogP contribution is 2.36. The molecule has 8 heteroatoms. The van der Waals surface area contributed by atoms with Crippen molar-refractivity contribution in [2.75, 3.05) is 0 Å². The molecule has 4 aromatic rings. The van der Waals surface area contributed by atoms with Gasteiger partial charge >= 0.3 is 5.82 Å². The van der Waals surface area contributed by atoms with Crippen LogP contribution in [0.5, 0.6) is 0 Å². The monoisotopic (exact) mass is 337 g/mol. The third-order valence-corrected chi connectivity index (χ3v) is 4.46. The summed E-state index contributed by atoms with van der Waals surface area (Å²) in [5.74, 6) is 0.929. The molecule has 0 N–H and O–H groups in total. The Labute approximate surface area is 140 Å². The third-order valence-electron chi connectivity index (χ3n) is 3.59. The number of fused-ring (bicyclic) bond motifs is 1. The zero-order valence-electron chi connectivity index (χ0n) is 12.6. The average molecular weight is 337 g/mol. The lowest BCUT2D eigenvalue weighted by molar-refractivity contribution is -0.389. The molecule has 0 atom stereocenters. The van der Waals surface area contributed by atoms with E-state index in [9.17, 15) is 10.1 Å². The maximum atomic E-state index is 10.9. The van der Waals surface area contributed by atoms with Crippen molar-refractivity contribution in [2.45, 2.75) is 6.92 Å². The summed E-state index contributed by atoms with van der Waals surface area (Å²) in [6.45, 7) is 1.79. The number of hydrogen-bond donors (Lipinski definition) is 0. The molecule has 7 nitrogen and oxygen atoms in total. The molecule has 118 valence electrons. The summed E-state index contributed by atoms with van der Waals surface area (Å²) in [5.41, 5.74) is 2.03. The minimum absolute atomic E-state index is 0.212. The number of hydrogen-bond acceptors (Lipinski definition) is 6. The highest BCUT2D eigenvalue weighted by Gasteiger charge is 2.20. The van der Waals surface area contributed by atoms with Crippen LogP contribution in [0.15, 0.2) is 48.0 Å². The molecule has 0 bridgehead atoms. The van der Waals surface area contributed by atoms with Gasteiger partial charge in [0, 0.05) is 10.9 Å². The maximum Gasteiger partial charge on any atom is 0.390 e. The van der Waals surface area contributed by atoms with Crippen LogP contribution in [-0.4, -0.2) is 24.7 Å². The summed E-state index contributed by atoms with van der Waals surface area (Å²) in [4.78, 5) is 20.2. The van der Waals surface area contributed by atoms with E-state index in [4.69, 9.17) is 0 Å². The number of rotatable bonds is 3. The highest BCUT2D eigenvalue weighted by molar-refractivity contribution is 7.17. The molecule has 4 rings (SSSR count). The van der Waals surface area contributed by atoms with Gasteiger partial charge in [0.15, 0.2) is 5.82 Å². The van der Waals surface area contributed by atoms with E-state index >= 15 is 0 Å². The van der Waals surface area contributed by atoms with Crippen LogP contribution in [0.1, 0.15) is 5.82 Å². The molecule has 0 amide bonds. The second-order valence-corrected chi connectivity index (χ2v) is 6.02. The molecular formula is C16H11N5O2S. The normalized spacial score (nSPS) is 11.0. The zero-order valence-corrected chi connectivity index (χ0v) is 13.4. The van der Waals surface area contributed by atoms with Gasteiger partial charge in [0.1, 0.15) is 10.7 Å². The summed E-state index contributed by atoms with van der Waals surface area (Å²) in [6.07, 6.45) is 1.55. The van der Waals surface area contributed by atoms with Crippen LogP contribution >= 0.6 is 11.3 Å². The van der Waals surface area contributed by atoms with E-state index < -0.39 is 4.92 Å². The van der Waals surface area contributed by atoms with E-state index in [0.717, 1.165) is 21.3 Å². The van der Waals surface area contributed by atoms with Crippen molar-refractivity contribution in [3.63, 3.8) is 0 Å². The molecule has 0 radical (unpaired) electrons. The molecule has 3 heterocycles. The van der Waals surface area contributed by atoms with Crippen LogP contribution in [0.4, 0.5) is 5.82 Å². The molecule has 0 saturated carbocycles. The topological polar surface area (TPSA) is 86.7 Å². The van der Waals surface area contributed by atoms with E-state index in [0.29, 0.717) is 11.6 Å². The van der Waals surface area contributed by atoms with Crippen molar-refractivity contribution < 1.29 is 4.92 Å². The van der Waals surface area contributed by atoms with Crippen LogP contribution in [0.2, 0.25) is 0 Å². The van der Waals surface area contributed by atoms with Gasteiger partial charge in [0.25, 0.3) is 0 Å². The fourth-order valence-corrected chi connectivity index (χ4v) is 3.54. The van der Waals surface area contributed by atoms with Crippen molar-refractivity contribution in [2.24, 2.45) is 0 Å². The Morgan fingerprint density at radius 1 is 1.17 bits per heavy atom. The second-order valence-electron chi connectivity index (χ2n) is 5.17. The van der Waals surface area contributed by atoms with Crippen LogP contribution in [0.3, 0.4) is 0 Å². The van der Waals surface area contributed by atoms with E-state index in [1.807, 2.05) is 35.7 Å². The Hall–Kier alpha value is -3.13. The Morgan fingerprint density at radius 3 is 2.67 bits per heavy atom. The summed E-state index contributed by atoms with van der Waals surface area (Å²) < 4.78 is 1.44. The summed E-state index contributed by atoms with van der Waals surface area (Å²) in [7, 11) is 0. The molecule has 0 unspecified atom stereocenters. The summed E-state index contributed by atoms with van der Waals surface area (Å²) in [5, 5.41) is 17.8. The van der Waals surface area contributed by atoms with Gasteiger partial charge in [-0.25, -0.2) is 9.97 Å². The molecule has 0 aliphatic heterocycles. The SMILES string of the molecule is Cc1nc(-n2ccc([N+](=O)[O-])n2)c2c(-c3ccccc3)csc2n1. The molecule has 0 aliphatic rings. The lowest BCUT2D eigenvalue weighted by Gasteiger charge is -2.04. The fourth-order valence-electron chi connectivity index (χ4n) is 2.55. The van der Waals surface area contributed by atoms with Crippen molar-refractivity contribution in [3.8, 4) is 16.9 Å². The molecule has 0 aliphatic carbocycles. The number of thiophene rings is 1. The van der Waals surface area contributed by atoms with Gasteiger partial charge < -0.3 is 10.1 Å². The van der Waals surface area contributed by atoms with Gasteiger partial charge in [-0.3, -0.25) is 0 Å². The van der Waals surface area contributed by atoms with Crippen molar-refractivity contribution in [3.05, 3.63) is 63.9 Å². The number of aryl methyl sites for hydroxylation is 1. The largest absolute Gasteiger partial charge is 0.390 e. The molecule has 3 aromatic heterocycles. The Kier molecular flexibility index (Phi) is 3.31. The quantitative estimate of drug-likeness (QED) is 0.419. The van der Waals surface area contributed by atoms with Crippen molar-refractivity contribution >= 4 is 27.4 Å². The minimum atomic E-state index is -0.520. The van der Waals surface area contributed by atoms with Gasteiger partial charge in [-0.1, -0.05) is 30.3 Å². The highest BCUT2D eigenvalue weighted by atomic mass is 32.1. The number of nitrogens with zero attached hydrogens (tertiary/aromatic N) is 5. The van der Waals surface area contributed by atoms with Crippen molar-refractivity contribution in [1.82, 2.24) is 19.7 Å². The summed E-state index contributed by atoms with van der Waals surface area (Å²) in [6, 6.07) is 11.3. The standard InChI is InChI=1S/C16H11N5O2S/c1-10-17-15(20-8-7-13(19-20)21(22)23)14-12(9-24-16(14)18-10)11-5-3-2-4-6-11/h2-9H,1H3. The molecule has 0 saturated heterocycles. The van der Waals surface area contributed by atoms with E-state index in [1.54, 1.807) is 13.1 Å². The molecule has 0 fully saturated rings. The van der Waals surface area contributed by atoms with Gasteiger partial charge in [0.05, 0.1) is 22.7 Å². The van der Waals surface area contributed by atoms with Crippen LogP contribution in [0.25, 0.3) is 27.2 Å². The Morgan fingerprint density at radius 2 is 1.96 bits per heavy atom. The smallest absolute Gasteiger partial charge is 0.358 e. The van der Waals surface area contributed by atoms with E-state index in [-0.39, 0.29) is 5.82 Å². The van der Waals surface area contributed by atoms with Crippen LogP contribution < -0.4 is 0 Å². The van der Waals surface area contributed by atoms with E-state index in [2.05, 4.69) is 15.1 Å². The lowest BCUT2D eigenvalue weighted by Crippen LogP contribution is -2.03. The second kappa shape index (κ2) is 5.50. The molecule has 0 spiro atoms. The minimum Gasteiger partial charge on any atom is -0.358 e. The first kappa shape index (κ1) is 14.5. The molecule has 24 heavy (non-hydrogen) atoms. The summed E-state index contributed by atoms with van der Waals surface area (Å²) >= 11 is 1.52. The first-order chi connectivity index (χ1) is 11.6. The van der Waals surface area contributed by atoms with Gasteiger partial charge in [-0.05, 0) is 17.4 Å². The molecule has 1 aromatic carbocycles. The molecular weight excluding hydrogens is 326 g/mol. The Bertz CT molecular complexity index is 1050. The first-order valence-electron chi connectivity index (χ1n) is 7.15. The number of benzene rings is 1. The average Bonchev–Trinajstić information content (AvgIpc) is 3.22. The van der Waals surface area contributed by atoms with Crippen LogP contribution in [-0.2, 0) is 0 Å². The predicted octanol–water partition coefficient (Wildman–Crippen LogP) is 3.76. The van der Waals surface area contributed by atoms with E-state index in [1.165, 1.54) is 22.1 Å². The third kappa shape index (κ3) is 2.33. The fraction of sp³-hybridized carbons (Fsp3) is 0.0625. The zero-order chi connectivity index (χ0) is 16.7. The number of aromatic nitrogens is 4. The Balaban J connectivity index is 2.00. The van der Waals surface area contributed by atoms with Gasteiger partial charge in [-0.2, -0.15) is 0 Å². The van der Waals surface area contributed by atoms with Crippen molar-refractivity contribution in [1.29, 1.82) is 0 Å². The van der Waals surface area contributed by atoms with Gasteiger partial charge in [-0.15, -0.1) is 16.0 Å². The van der Waals surface area contributed by atoms with Gasteiger partial charge in [0.2, 0.25) is 0 Å². The number of nitro groups is 1. The lowest BCUT2D eigenvalue weighted by atomic mass is 10.1. The maximum absolute atomic E-state index is 10.9. The van der Waals surface area contributed by atoms with Crippen LogP contribution in [0, 0.1) is 17.0 Å². The first-order valence-corrected chi connectivity index (χ1v) is 8.03. The predicted molar refractivity (Wildman–Crippen MR) is 91.4 cm³/mol.